The van der Waals surface area contributed by atoms with Crippen molar-refractivity contribution in [1.82, 2.24) is 0 Å². The Morgan fingerprint density at radius 2 is 1.91 bits per heavy atom. The lowest BCUT2D eigenvalue weighted by molar-refractivity contribution is -0.118. The standard InChI is InChI=1S/C19H22ClNO2/c1-4-13(2)15-6-9-17(10-7-15)23-12-19(22)21-16-8-5-14(3)18(20)11-16/h5-11,13H,4,12H2,1-3H3,(H,21,22)/t13-/m0/s1. The molecule has 0 heterocycles. The van der Waals surface area contributed by atoms with Crippen molar-refractivity contribution in [3.05, 3.63) is 58.6 Å². The molecule has 2 aromatic rings. The van der Waals surface area contributed by atoms with Crippen molar-refractivity contribution in [2.45, 2.75) is 33.1 Å². The molecule has 2 aromatic carbocycles. The number of aryl methyl sites for hydroxylation is 1. The van der Waals surface area contributed by atoms with Gasteiger partial charge in [-0.15, -0.1) is 0 Å². The van der Waals surface area contributed by atoms with Crippen LogP contribution in [0.2, 0.25) is 5.02 Å². The summed E-state index contributed by atoms with van der Waals surface area (Å²) in [4.78, 5) is 11.9. The number of amides is 1. The molecule has 0 spiro atoms. The molecule has 0 aromatic heterocycles. The minimum Gasteiger partial charge on any atom is -0.484 e. The molecule has 0 saturated carbocycles. The van der Waals surface area contributed by atoms with Gasteiger partial charge in [-0.2, -0.15) is 0 Å². The van der Waals surface area contributed by atoms with Gasteiger partial charge in [-0.05, 0) is 54.7 Å². The van der Waals surface area contributed by atoms with Crippen LogP contribution in [0.25, 0.3) is 0 Å². The molecular formula is C19H22ClNO2. The molecule has 0 radical (unpaired) electrons. The average Bonchev–Trinajstić information content (AvgIpc) is 2.56. The largest absolute Gasteiger partial charge is 0.484 e. The van der Waals surface area contributed by atoms with E-state index in [1.165, 1.54) is 5.56 Å². The summed E-state index contributed by atoms with van der Waals surface area (Å²) in [6.07, 6.45) is 1.10. The number of halogens is 1. The summed E-state index contributed by atoms with van der Waals surface area (Å²) >= 11 is 6.04. The summed E-state index contributed by atoms with van der Waals surface area (Å²) in [6, 6.07) is 13.3. The fraction of sp³-hybridized carbons (Fsp3) is 0.316. The molecule has 2 rings (SSSR count). The summed E-state index contributed by atoms with van der Waals surface area (Å²) in [5.74, 6) is 1.00. The SMILES string of the molecule is CC[C@H](C)c1ccc(OCC(=O)Nc2ccc(C)c(Cl)c2)cc1. The first-order chi connectivity index (χ1) is 11.0. The van der Waals surface area contributed by atoms with Crippen molar-refractivity contribution < 1.29 is 9.53 Å². The van der Waals surface area contributed by atoms with Crippen LogP contribution in [-0.4, -0.2) is 12.5 Å². The van der Waals surface area contributed by atoms with E-state index in [2.05, 4.69) is 19.2 Å². The molecule has 3 nitrogen and oxygen atoms in total. The maximum Gasteiger partial charge on any atom is 0.262 e. The van der Waals surface area contributed by atoms with Crippen LogP contribution in [0.5, 0.6) is 5.75 Å². The molecule has 1 atom stereocenters. The van der Waals surface area contributed by atoms with Crippen molar-refractivity contribution in [3.8, 4) is 5.75 Å². The Morgan fingerprint density at radius 3 is 2.52 bits per heavy atom. The Morgan fingerprint density at radius 1 is 1.22 bits per heavy atom. The predicted octanol–water partition coefficient (Wildman–Crippen LogP) is 5.18. The second-order valence-electron chi connectivity index (χ2n) is 5.68. The zero-order chi connectivity index (χ0) is 16.8. The lowest BCUT2D eigenvalue weighted by atomic mass is 9.99. The van der Waals surface area contributed by atoms with Crippen molar-refractivity contribution >= 4 is 23.2 Å². The highest BCUT2D eigenvalue weighted by molar-refractivity contribution is 6.31. The first-order valence-electron chi connectivity index (χ1n) is 7.78. The van der Waals surface area contributed by atoms with E-state index >= 15 is 0 Å². The van der Waals surface area contributed by atoms with Crippen molar-refractivity contribution in [2.75, 3.05) is 11.9 Å². The van der Waals surface area contributed by atoms with Gasteiger partial charge < -0.3 is 10.1 Å². The number of benzene rings is 2. The Hall–Kier alpha value is -2.00. The third-order valence-electron chi connectivity index (χ3n) is 3.89. The van der Waals surface area contributed by atoms with E-state index in [9.17, 15) is 4.79 Å². The summed E-state index contributed by atoms with van der Waals surface area (Å²) in [5.41, 5.74) is 2.92. The number of nitrogens with one attached hydrogen (secondary N) is 1. The molecule has 1 N–H and O–H groups in total. The van der Waals surface area contributed by atoms with Crippen molar-refractivity contribution in [2.24, 2.45) is 0 Å². The monoisotopic (exact) mass is 331 g/mol. The van der Waals surface area contributed by atoms with Gasteiger partial charge in [0.2, 0.25) is 0 Å². The normalized spacial score (nSPS) is 11.8. The zero-order valence-corrected chi connectivity index (χ0v) is 14.5. The number of hydrogen-bond acceptors (Lipinski definition) is 2. The molecule has 23 heavy (non-hydrogen) atoms. The van der Waals surface area contributed by atoms with E-state index in [1.54, 1.807) is 6.07 Å². The number of hydrogen-bond donors (Lipinski definition) is 1. The fourth-order valence-electron chi connectivity index (χ4n) is 2.14. The molecule has 0 saturated heterocycles. The van der Waals surface area contributed by atoms with Crippen molar-refractivity contribution in [1.29, 1.82) is 0 Å². The molecule has 0 aliphatic rings. The second kappa shape index (κ2) is 8.02. The predicted molar refractivity (Wildman–Crippen MR) is 95.5 cm³/mol. The number of ether oxygens (including phenoxy) is 1. The lowest BCUT2D eigenvalue weighted by Crippen LogP contribution is -2.20. The smallest absolute Gasteiger partial charge is 0.262 e. The van der Waals surface area contributed by atoms with E-state index in [4.69, 9.17) is 16.3 Å². The maximum atomic E-state index is 11.9. The zero-order valence-electron chi connectivity index (χ0n) is 13.7. The second-order valence-corrected chi connectivity index (χ2v) is 6.09. The van der Waals surface area contributed by atoms with Gasteiger partial charge in [0.25, 0.3) is 5.91 Å². The maximum absolute atomic E-state index is 11.9. The highest BCUT2D eigenvalue weighted by atomic mass is 35.5. The molecule has 0 aliphatic carbocycles. The summed E-state index contributed by atoms with van der Waals surface area (Å²) < 4.78 is 5.52. The minimum absolute atomic E-state index is 0.0336. The van der Waals surface area contributed by atoms with E-state index in [1.807, 2.05) is 43.3 Å². The van der Waals surface area contributed by atoms with Crippen LogP contribution < -0.4 is 10.1 Å². The first kappa shape index (κ1) is 17.4. The van der Waals surface area contributed by atoms with Gasteiger partial charge in [-0.1, -0.05) is 43.6 Å². The van der Waals surface area contributed by atoms with Gasteiger partial charge in [0, 0.05) is 10.7 Å². The Kier molecular flexibility index (Phi) is 6.05. The van der Waals surface area contributed by atoms with Gasteiger partial charge in [0.05, 0.1) is 0 Å². The van der Waals surface area contributed by atoms with Crippen LogP contribution in [-0.2, 0) is 4.79 Å². The van der Waals surface area contributed by atoms with Crippen LogP contribution in [0.1, 0.15) is 37.3 Å². The third kappa shape index (κ3) is 5.00. The number of carbonyl (C=O) groups is 1. The van der Waals surface area contributed by atoms with Gasteiger partial charge >= 0.3 is 0 Å². The number of carbonyl (C=O) groups excluding carboxylic acids is 1. The lowest BCUT2D eigenvalue weighted by Gasteiger charge is -2.11. The van der Waals surface area contributed by atoms with Gasteiger partial charge in [0.15, 0.2) is 6.61 Å². The summed E-state index contributed by atoms with van der Waals surface area (Å²) in [5, 5.41) is 3.40. The minimum atomic E-state index is -0.212. The highest BCUT2D eigenvalue weighted by Crippen LogP contribution is 2.22. The van der Waals surface area contributed by atoms with Crippen LogP contribution in [0.15, 0.2) is 42.5 Å². The van der Waals surface area contributed by atoms with Crippen LogP contribution in [0.4, 0.5) is 5.69 Å². The number of rotatable bonds is 6. The molecule has 1 amide bonds. The molecule has 122 valence electrons. The Labute approximate surface area is 142 Å². The molecule has 0 unspecified atom stereocenters. The van der Waals surface area contributed by atoms with E-state index < -0.39 is 0 Å². The van der Waals surface area contributed by atoms with Gasteiger partial charge in [0.1, 0.15) is 5.75 Å². The number of anilines is 1. The van der Waals surface area contributed by atoms with E-state index in [0.717, 1.165) is 12.0 Å². The van der Waals surface area contributed by atoms with Crippen LogP contribution >= 0.6 is 11.6 Å². The summed E-state index contributed by atoms with van der Waals surface area (Å²) in [6.45, 7) is 6.24. The van der Waals surface area contributed by atoms with E-state index in [-0.39, 0.29) is 12.5 Å². The van der Waals surface area contributed by atoms with Gasteiger partial charge in [-0.3, -0.25) is 4.79 Å². The molecule has 0 aliphatic heterocycles. The van der Waals surface area contributed by atoms with Gasteiger partial charge in [-0.25, -0.2) is 0 Å². The van der Waals surface area contributed by atoms with Crippen LogP contribution in [0, 0.1) is 6.92 Å². The molecule has 0 fully saturated rings. The Balaban J connectivity index is 1.87. The third-order valence-corrected chi connectivity index (χ3v) is 4.29. The van der Waals surface area contributed by atoms with E-state index in [0.29, 0.717) is 22.4 Å². The highest BCUT2D eigenvalue weighted by Gasteiger charge is 2.06. The van der Waals surface area contributed by atoms with Crippen LogP contribution in [0.3, 0.4) is 0 Å². The average molecular weight is 332 g/mol. The molecule has 0 bridgehead atoms. The quantitative estimate of drug-likeness (QED) is 0.792. The molecule has 4 heteroatoms. The van der Waals surface area contributed by atoms with Crippen molar-refractivity contribution in [3.63, 3.8) is 0 Å². The molecular weight excluding hydrogens is 310 g/mol. The topological polar surface area (TPSA) is 38.3 Å². The summed E-state index contributed by atoms with van der Waals surface area (Å²) in [7, 11) is 0. The Bertz CT molecular complexity index is 668. The fourth-order valence-corrected chi connectivity index (χ4v) is 2.33. The first-order valence-corrected chi connectivity index (χ1v) is 8.16.